The minimum Gasteiger partial charge on any atom is -0.508 e. The molecule has 1 aromatic carbocycles. The van der Waals surface area contributed by atoms with E-state index in [9.17, 15) is 5.11 Å². The van der Waals surface area contributed by atoms with Crippen molar-refractivity contribution in [2.75, 3.05) is 11.9 Å². The lowest BCUT2D eigenvalue weighted by Crippen LogP contribution is -2.07. The summed E-state index contributed by atoms with van der Waals surface area (Å²) in [6.07, 6.45) is 3.97. The SMILES string of the molecule is Oc1ccc2ccnc(NCCc3ncn[nH]3)c2c1. The average Bonchev–Trinajstić information content (AvgIpc) is 2.92. The number of pyridine rings is 1. The number of aromatic hydroxyl groups is 1. The molecule has 96 valence electrons. The zero-order valence-electron chi connectivity index (χ0n) is 10.2. The topological polar surface area (TPSA) is 86.7 Å². The fourth-order valence-corrected chi connectivity index (χ4v) is 1.95. The number of fused-ring (bicyclic) bond motifs is 1. The van der Waals surface area contributed by atoms with E-state index in [0.717, 1.165) is 28.8 Å². The van der Waals surface area contributed by atoms with Gasteiger partial charge < -0.3 is 10.4 Å². The maximum absolute atomic E-state index is 9.55. The summed E-state index contributed by atoms with van der Waals surface area (Å²) in [5, 5.41) is 21.3. The number of hydrogen-bond acceptors (Lipinski definition) is 5. The first-order chi connectivity index (χ1) is 9.33. The van der Waals surface area contributed by atoms with E-state index >= 15 is 0 Å². The molecule has 0 fully saturated rings. The Morgan fingerprint density at radius 1 is 1.21 bits per heavy atom. The Hall–Kier alpha value is -2.63. The summed E-state index contributed by atoms with van der Waals surface area (Å²) in [5.74, 6) is 1.82. The van der Waals surface area contributed by atoms with Gasteiger partial charge in [-0.25, -0.2) is 9.97 Å². The number of H-pyrrole nitrogens is 1. The van der Waals surface area contributed by atoms with E-state index in [1.807, 2.05) is 12.1 Å². The monoisotopic (exact) mass is 255 g/mol. The molecular formula is C13H13N5O. The highest BCUT2D eigenvalue weighted by Crippen LogP contribution is 2.24. The summed E-state index contributed by atoms with van der Waals surface area (Å²) >= 11 is 0. The van der Waals surface area contributed by atoms with Crippen LogP contribution < -0.4 is 5.32 Å². The molecule has 6 heteroatoms. The number of nitrogens with zero attached hydrogens (tertiary/aromatic N) is 3. The van der Waals surface area contributed by atoms with E-state index in [2.05, 4.69) is 25.5 Å². The number of hydrogen-bond donors (Lipinski definition) is 3. The Labute approximate surface area is 109 Å². The number of phenolic OH excluding ortho intramolecular Hbond substituents is 1. The standard InChI is InChI=1S/C13H13N5O/c19-10-2-1-9-3-5-14-13(11(9)7-10)15-6-4-12-16-8-17-18-12/h1-3,5,7-8,19H,4,6H2,(H,14,15)(H,16,17,18). The molecule has 0 aliphatic heterocycles. The molecule has 3 N–H and O–H groups in total. The molecule has 3 rings (SSSR count). The van der Waals surface area contributed by atoms with Crippen LogP contribution in [0.1, 0.15) is 5.82 Å². The highest BCUT2D eigenvalue weighted by atomic mass is 16.3. The molecule has 0 saturated carbocycles. The van der Waals surface area contributed by atoms with E-state index in [-0.39, 0.29) is 5.75 Å². The number of benzene rings is 1. The fraction of sp³-hybridized carbons (Fsp3) is 0.154. The summed E-state index contributed by atoms with van der Waals surface area (Å²) in [4.78, 5) is 8.36. The van der Waals surface area contributed by atoms with Crippen molar-refractivity contribution in [3.05, 3.63) is 42.6 Å². The molecule has 19 heavy (non-hydrogen) atoms. The third-order valence-electron chi connectivity index (χ3n) is 2.87. The smallest absolute Gasteiger partial charge is 0.137 e. The summed E-state index contributed by atoms with van der Waals surface area (Å²) < 4.78 is 0. The van der Waals surface area contributed by atoms with Gasteiger partial charge >= 0.3 is 0 Å². The second-order valence-electron chi connectivity index (χ2n) is 4.17. The Balaban J connectivity index is 1.78. The predicted octanol–water partition coefficient (Wildman–Crippen LogP) is 1.71. The molecule has 0 amide bonds. The number of phenols is 1. The highest BCUT2D eigenvalue weighted by Gasteiger charge is 2.03. The summed E-state index contributed by atoms with van der Waals surface area (Å²) in [5.41, 5.74) is 0. The Morgan fingerprint density at radius 2 is 2.16 bits per heavy atom. The van der Waals surface area contributed by atoms with Crippen molar-refractivity contribution < 1.29 is 5.11 Å². The molecule has 0 unspecified atom stereocenters. The van der Waals surface area contributed by atoms with E-state index < -0.39 is 0 Å². The quantitative estimate of drug-likeness (QED) is 0.660. The van der Waals surface area contributed by atoms with E-state index in [1.54, 1.807) is 18.3 Å². The number of aromatic nitrogens is 4. The predicted molar refractivity (Wildman–Crippen MR) is 72.0 cm³/mol. The normalized spacial score (nSPS) is 10.7. The van der Waals surface area contributed by atoms with E-state index in [0.29, 0.717) is 6.54 Å². The van der Waals surface area contributed by atoms with Crippen molar-refractivity contribution in [1.82, 2.24) is 20.2 Å². The molecule has 0 spiro atoms. The Bertz CT molecular complexity index is 681. The van der Waals surface area contributed by atoms with Crippen LogP contribution in [-0.2, 0) is 6.42 Å². The second-order valence-corrected chi connectivity index (χ2v) is 4.17. The third kappa shape index (κ3) is 2.47. The summed E-state index contributed by atoms with van der Waals surface area (Å²) in [6, 6.07) is 7.16. The first-order valence-electron chi connectivity index (χ1n) is 5.99. The van der Waals surface area contributed by atoms with Gasteiger partial charge in [-0.1, -0.05) is 6.07 Å². The fourth-order valence-electron chi connectivity index (χ4n) is 1.95. The molecule has 0 aliphatic rings. The number of rotatable bonds is 4. The molecule has 2 aromatic heterocycles. The summed E-state index contributed by atoms with van der Waals surface area (Å²) in [6.45, 7) is 0.691. The Kier molecular flexibility index (Phi) is 2.97. The molecular weight excluding hydrogens is 242 g/mol. The van der Waals surface area contributed by atoms with E-state index in [4.69, 9.17) is 0 Å². The summed E-state index contributed by atoms with van der Waals surface area (Å²) in [7, 11) is 0. The van der Waals surface area contributed by atoms with Crippen LogP contribution in [0.25, 0.3) is 10.8 Å². The van der Waals surface area contributed by atoms with Gasteiger partial charge in [0.15, 0.2) is 0 Å². The minimum absolute atomic E-state index is 0.235. The lowest BCUT2D eigenvalue weighted by atomic mass is 10.1. The van der Waals surface area contributed by atoms with Crippen molar-refractivity contribution in [1.29, 1.82) is 0 Å². The molecule has 0 radical (unpaired) electrons. The van der Waals surface area contributed by atoms with Crippen molar-refractivity contribution in [2.24, 2.45) is 0 Å². The first-order valence-corrected chi connectivity index (χ1v) is 5.99. The lowest BCUT2D eigenvalue weighted by molar-refractivity contribution is 0.476. The average molecular weight is 255 g/mol. The largest absolute Gasteiger partial charge is 0.508 e. The number of nitrogens with one attached hydrogen (secondary N) is 2. The molecule has 3 aromatic rings. The van der Waals surface area contributed by atoms with E-state index in [1.165, 1.54) is 6.33 Å². The van der Waals surface area contributed by atoms with Crippen LogP contribution in [0, 0.1) is 0 Å². The molecule has 6 nitrogen and oxygen atoms in total. The van der Waals surface area contributed by atoms with Gasteiger partial charge in [-0.2, -0.15) is 5.10 Å². The maximum atomic E-state index is 9.55. The van der Waals surface area contributed by atoms with Crippen LogP contribution in [0.5, 0.6) is 5.75 Å². The zero-order chi connectivity index (χ0) is 13.1. The van der Waals surface area contributed by atoms with Gasteiger partial charge in [0, 0.05) is 24.5 Å². The lowest BCUT2D eigenvalue weighted by Gasteiger charge is -2.08. The third-order valence-corrected chi connectivity index (χ3v) is 2.87. The molecule has 2 heterocycles. The molecule has 0 atom stereocenters. The van der Waals surface area contributed by atoms with Gasteiger partial charge in [-0.3, -0.25) is 5.10 Å². The van der Waals surface area contributed by atoms with Gasteiger partial charge in [0.2, 0.25) is 0 Å². The Morgan fingerprint density at radius 3 is 3.00 bits per heavy atom. The maximum Gasteiger partial charge on any atom is 0.137 e. The first kappa shape index (κ1) is 11.5. The molecule has 0 bridgehead atoms. The van der Waals surface area contributed by atoms with Gasteiger partial charge in [-0.15, -0.1) is 0 Å². The number of aromatic amines is 1. The van der Waals surface area contributed by atoms with Crippen molar-refractivity contribution in [3.8, 4) is 5.75 Å². The van der Waals surface area contributed by atoms with Crippen molar-refractivity contribution >= 4 is 16.6 Å². The van der Waals surface area contributed by atoms with Gasteiger partial charge in [0.05, 0.1) is 0 Å². The van der Waals surface area contributed by atoms with Crippen molar-refractivity contribution in [2.45, 2.75) is 6.42 Å². The van der Waals surface area contributed by atoms with Gasteiger partial charge in [-0.05, 0) is 23.6 Å². The molecule has 0 aliphatic carbocycles. The van der Waals surface area contributed by atoms with Crippen LogP contribution in [0.3, 0.4) is 0 Å². The van der Waals surface area contributed by atoms with Crippen LogP contribution >= 0.6 is 0 Å². The molecule has 0 saturated heterocycles. The van der Waals surface area contributed by atoms with Crippen LogP contribution in [-0.4, -0.2) is 31.8 Å². The number of anilines is 1. The van der Waals surface area contributed by atoms with Crippen LogP contribution in [0.4, 0.5) is 5.82 Å². The second kappa shape index (κ2) is 4.93. The minimum atomic E-state index is 0.235. The highest BCUT2D eigenvalue weighted by molar-refractivity contribution is 5.92. The zero-order valence-corrected chi connectivity index (χ0v) is 10.2. The van der Waals surface area contributed by atoms with Crippen LogP contribution in [0.2, 0.25) is 0 Å². The van der Waals surface area contributed by atoms with Crippen LogP contribution in [0.15, 0.2) is 36.8 Å². The van der Waals surface area contributed by atoms with Gasteiger partial charge in [0.1, 0.15) is 23.7 Å². The van der Waals surface area contributed by atoms with Crippen molar-refractivity contribution in [3.63, 3.8) is 0 Å². The van der Waals surface area contributed by atoms with Gasteiger partial charge in [0.25, 0.3) is 0 Å².